The van der Waals surface area contributed by atoms with E-state index < -0.39 is 0 Å². The van der Waals surface area contributed by atoms with E-state index in [0.29, 0.717) is 31.1 Å². The molecule has 28 heavy (non-hydrogen) atoms. The van der Waals surface area contributed by atoms with Gasteiger partial charge in [0.1, 0.15) is 5.82 Å². The zero-order chi connectivity index (χ0) is 19.5. The summed E-state index contributed by atoms with van der Waals surface area (Å²) in [6.07, 6.45) is 5.07. The van der Waals surface area contributed by atoms with Crippen LogP contribution in [-0.4, -0.2) is 37.1 Å². The molecular weight excluding hydrogens is 352 g/mol. The predicted molar refractivity (Wildman–Crippen MR) is 107 cm³/mol. The predicted octanol–water partition coefficient (Wildman–Crippen LogP) is 3.01. The van der Waals surface area contributed by atoms with Crippen molar-refractivity contribution in [3.63, 3.8) is 0 Å². The molecule has 1 aliphatic rings. The summed E-state index contributed by atoms with van der Waals surface area (Å²) < 4.78 is 1.79. The highest BCUT2D eigenvalue weighted by Crippen LogP contribution is 2.16. The maximum absolute atomic E-state index is 11.8. The van der Waals surface area contributed by atoms with Gasteiger partial charge < -0.3 is 10.2 Å². The van der Waals surface area contributed by atoms with Crippen LogP contribution < -0.4 is 5.32 Å². The van der Waals surface area contributed by atoms with Crippen LogP contribution in [0.4, 0.5) is 5.82 Å². The van der Waals surface area contributed by atoms with E-state index in [1.807, 2.05) is 24.8 Å². The van der Waals surface area contributed by atoms with Crippen LogP contribution in [0.5, 0.6) is 0 Å². The molecule has 1 N–H and O–H groups in total. The van der Waals surface area contributed by atoms with Crippen molar-refractivity contribution in [2.24, 2.45) is 0 Å². The molecule has 3 heterocycles. The van der Waals surface area contributed by atoms with Crippen molar-refractivity contribution >= 4 is 11.7 Å². The van der Waals surface area contributed by atoms with Crippen LogP contribution >= 0.6 is 0 Å². The molecule has 0 atom stereocenters. The Bertz CT molecular complexity index is 979. The summed E-state index contributed by atoms with van der Waals surface area (Å²) in [4.78, 5) is 22.6. The van der Waals surface area contributed by atoms with Crippen molar-refractivity contribution in [1.29, 1.82) is 0 Å². The fourth-order valence-corrected chi connectivity index (χ4v) is 3.45. The van der Waals surface area contributed by atoms with Gasteiger partial charge in [-0.05, 0) is 37.5 Å². The van der Waals surface area contributed by atoms with Crippen molar-refractivity contribution < 1.29 is 4.79 Å². The lowest BCUT2D eigenvalue weighted by Crippen LogP contribution is -2.23. The van der Waals surface area contributed by atoms with Gasteiger partial charge in [0.25, 0.3) is 0 Å². The Morgan fingerprint density at radius 2 is 1.89 bits per heavy atom. The molecule has 1 amide bonds. The number of hydrogen-bond acceptors (Lipinski definition) is 5. The molecule has 7 heteroatoms. The van der Waals surface area contributed by atoms with Crippen molar-refractivity contribution in [2.75, 3.05) is 11.9 Å². The summed E-state index contributed by atoms with van der Waals surface area (Å²) in [5, 5.41) is 7.77. The van der Waals surface area contributed by atoms with Crippen molar-refractivity contribution in [1.82, 2.24) is 24.6 Å². The first-order valence-corrected chi connectivity index (χ1v) is 9.53. The molecule has 1 saturated heterocycles. The minimum Gasteiger partial charge on any atom is -0.365 e. The first-order valence-electron chi connectivity index (χ1n) is 9.53. The monoisotopic (exact) mass is 376 g/mol. The fraction of sp³-hybridized carbons (Fsp3) is 0.333. The highest BCUT2D eigenvalue weighted by molar-refractivity contribution is 5.78. The van der Waals surface area contributed by atoms with Gasteiger partial charge >= 0.3 is 0 Å². The zero-order valence-corrected chi connectivity index (χ0v) is 16.2. The van der Waals surface area contributed by atoms with Gasteiger partial charge in [-0.25, -0.2) is 9.67 Å². The Balaban J connectivity index is 1.38. The second-order valence-corrected chi connectivity index (χ2v) is 7.19. The number of amides is 1. The maximum atomic E-state index is 11.8. The van der Waals surface area contributed by atoms with Crippen molar-refractivity contribution in [2.45, 2.75) is 39.8 Å². The van der Waals surface area contributed by atoms with Crippen LogP contribution in [0, 0.1) is 13.8 Å². The Hall–Kier alpha value is -3.22. The second kappa shape index (κ2) is 7.80. The van der Waals surface area contributed by atoms with E-state index in [-0.39, 0.29) is 5.91 Å². The summed E-state index contributed by atoms with van der Waals surface area (Å²) in [5.41, 5.74) is 4.28. The fourth-order valence-electron chi connectivity index (χ4n) is 3.45. The van der Waals surface area contributed by atoms with Gasteiger partial charge in [-0.1, -0.05) is 24.3 Å². The number of benzene rings is 1. The smallest absolute Gasteiger partial charge is 0.222 e. The summed E-state index contributed by atoms with van der Waals surface area (Å²) in [7, 11) is 0. The van der Waals surface area contributed by atoms with E-state index in [0.717, 1.165) is 35.5 Å². The van der Waals surface area contributed by atoms with Crippen molar-refractivity contribution in [3.8, 4) is 5.82 Å². The zero-order valence-electron chi connectivity index (χ0n) is 16.2. The quantitative estimate of drug-likeness (QED) is 0.716. The molecule has 0 unspecified atom stereocenters. The lowest BCUT2D eigenvalue weighted by molar-refractivity contribution is -0.128. The van der Waals surface area contributed by atoms with Crippen molar-refractivity contribution in [3.05, 3.63) is 65.2 Å². The Labute approximate surface area is 164 Å². The maximum Gasteiger partial charge on any atom is 0.222 e. The van der Waals surface area contributed by atoms with Gasteiger partial charge in [-0.3, -0.25) is 9.78 Å². The summed E-state index contributed by atoms with van der Waals surface area (Å²) >= 11 is 0. The molecule has 2 aromatic heterocycles. The van der Waals surface area contributed by atoms with E-state index in [9.17, 15) is 4.79 Å². The summed E-state index contributed by atoms with van der Waals surface area (Å²) in [6, 6.07) is 10.3. The van der Waals surface area contributed by atoms with Gasteiger partial charge in [0.05, 0.1) is 18.1 Å². The van der Waals surface area contributed by atoms with Gasteiger partial charge in [0.2, 0.25) is 5.91 Å². The Morgan fingerprint density at radius 3 is 2.57 bits per heavy atom. The first kappa shape index (κ1) is 18.2. The number of hydrogen-bond donors (Lipinski definition) is 1. The Kier molecular flexibility index (Phi) is 5.06. The average Bonchev–Trinajstić information content (AvgIpc) is 3.26. The number of rotatable bonds is 6. The number of likely N-dealkylation sites (tertiary alicyclic amines) is 1. The summed E-state index contributed by atoms with van der Waals surface area (Å²) in [6.45, 7) is 6.18. The second-order valence-electron chi connectivity index (χ2n) is 7.19. The molecular formula is C21H24N6O. The number of nitrogens with one attached hydrogen (secondary N) is 1. The number of carbonyl (C=O) groups is 1. The molecule has 1 aromatic carbocycles. The van der Waals surface area contributed by atoms with Crippen LogP contribution in [-0.2, 0) is 17.9 Å². The molecule has 1 fully saturated rings. The highest BCUT2D eigenvalue weighted by atomic mass is 16.2. The molecule has 7 nitrogen and oxygen atoms in total. The minimum atomic E-state index is 0.256. The minimum absolute atomic E-state index is 0.256. The number of aryl methyl sites for hydroxylation is 2. The Morgan fingerprint density at radius 1 is 1.11 bits per heavy atom. The van der Waals surface area contributed by atoms with E-state index in [1.165, 1.54) is 0 Å². The molecule has 0 saturated carbocycles. The van der Waals surface area contributed by atoms with E-state index in [4.69, 9.17) is 0 Å². The van der Waals surface area contributed by atoms with E-state index >= 15 is 0 Å². The van der Waals surface area contributed by atoms with E-state index in [2.05, 4.69) is 44.6 Å². The number of carbonyl (C=O) groups excluding carboxylic acids is 1. The number of anilines is 1. The van der Waals surface area contributed by atoms with Crippen LogP contribution in [0.3, 0.4) is 0 Å². The van der Waals surface area contributed by atoms with Gasteiger partial charge in [0.15, 0.2) is 5.82 Å². The standard InChI is InChI=1S/C21H24N6O/c1-15-10-16(2)27(25-15)20-13-22-12-19(24-20)23-11-17-5-7-18(8-6-17)14-26-9-3-4-21(26)28/h5-8,10,12-13H,3-4,9,11,14H2,1-2H3,(H,23,24). The van der Waals surface area contributed by atoms with Crippen LogP contribution in [0.1, 0.15) is 35.4 Å². The third-order valence-corrected chi connectivity index (χ3v) is 4.89. The lowest BCUT2D eigenvalue weighted by atomic mass is 10.1. The topological polar surface area (TPSA) is 75.9 Å². The summed E-state index contributed by atoms with van der Waals surface area (Å²) in [5.74, 6) is 1.66. The van der Waals surface area contributed by atoms with Gasteiger partial charge in [-0.2, -0.15) is 5.10 Å². The number of aromatic nitrogens is 4. The lowest BCUT2D eigenvalue weighted by Gasteiger charge is -2.15. The normalized spacial score (nSPS) is 13.9. The average molecular weight is 376 g/mol. The van der Waals surface area contributed by atoms with E-state index in [1.54, 1.807) is 17.1 Å². The third kappa shape index (κ3) is 4.03. The molecule has 0 aliphatic carbocycles. The molecule has 4 rings (SSSR count). The first-order chi connectivity index (χ1) is 13.6. The number of nitrogens with zero attached hydrogens (tertiary/aromatic N) is 5. The molecule has 0 spiro atoms. The largest absolute Gasteiger partial charge is 0.365 e. The molecule has 144 valence electrons. The van der Waals surface area contributed by atoms with Gasteiger partial charge in [0, 0.05) is 31.7 Å². The van der Waals surface area contributed by atoms with Gasteiger partial charge in [-0.15, -0.1) is 0 Å². The molecule has 0 bridgehead atoms. The SMILES string of the molecule is Cc1cc(C)n(-c2cncc(NCc3ccc(CN4CCCC4=O)cc3)n2)n1. The molecule has 1 aliphatic heterocycles. The highest BCUT2D eigenvalue weighted by Gasteiger charge is 2.19. The molecule has 0 radical (unpaired) electrons. The van der Waals surface area contributed by atoms with Crippen LogP contribution in [0.25, 0.3) is 5.82 Å². The van der Waals surface area contributed by atoms with Crippen LogP contribution in [0.15, 0.2) is 42.7 Å². The third-order valence-electron chi connectivity index (χ3n) is 4.89. The van der Waals surface area contributed by atoms with Crippen LogP contribution in [0.2, 0.25) is 0 Å². The molecule has 3 aromatic rings.